The number of hydrogen-bond acceptors (Lipinski definition) is 3. The number of hydrogen-bond donors (Lipinski definition) is 0. The molecule has 0 aromatic heterocycles. The molecule has 4 heteroatoms. The van der Waals surface area contributed by atoms with Crippen LogP contribution in [0.1, 0.15) is 11.1 Å². The van der Waals surface area contributed by atoms with Gasteiger partial charge in [-0.15, -0.1) is 0 Å². The predicted molar refractivity (Wildman–Crippen MR) is 105 cm³/mol. The number of halogens is 1. The van der Waals surface area contributed by atoms with E-state index in [-0.39, 0.29) is 0 Å². The molecule has 0 aliphatic heterocycles. The highest BCUT2D eigenvalue weighted by molar-refractivity contribution is 9.10. The lowest BCUT2D eigenvalue weighted by Crippen LogP contribution is -1.98. The molecule has 3 aromatic rings. The molecule has 0 radical (unpaired) electrons. The Hall–Kier alpha value is -2.59. The molecule has 0 N–H and O–H groups in total. The second-order valence-corrected chi connectivity index (χ2v) is 6.33. The molecule has 3 aromatic carbocycles. The fourth-order valence-corrected chi connectivity index (χ4v) is 2.55. The minimum absolute atomic E-state index is 0.487. The number of benzene rings is 3. The van der Waals surface area contributed by atoms with Crippen LogP contribution in [-0.2, 0) is 6.61 Å². The molecule has 3 rings (SSSR count). The Bertz CT molecular complexity index is 846. The van der Waals surface area contributed by atoms with Crippen molar-refractivity contribution in [3.8, 4) is 11.5 Å². The summed E-state index contributed by atoms with van der Waals surface area (Å²) in [6.45, 7) is 0.487. The monoisotopic (exact) mass is 395 g/mol. The van der Waals surface area contributed by atoms with Gasteiger partial charge in [-0.2, -0.15) is 0 Å². The van der Waals surface area contributed by atoms with E-state index < -0.39 is 0 Å². The van der Waals surface area contributed by atoms with Crippen molar-refractivity contribution < 1.29 is 9.47 Å². The van der Waals surface area contributed by atoms with Gasteiger partial charge in [-0.3, -0.25) is 4.99 Å². The van der Waals surface area contributed by atoms with Crippen molar-refractivity contribution in [2.45, 2.75) is 6.61 Å². The van der Waals surface area contributed by atoms with Gasteiger partial charge >= 0.3 is 0 Å². The molecule has 0 fully saturated rings. The Morgan fingerprint density at radius 1 is 0.920 bits per heavy atom. The van der Waals surface area contributed by atoms with Crippen molar-refractivity contribution in [1.82, 2.24) is 0 Å². The van der Waals surface area contributed by atoms with E-state index in [1.54, 1.807) is 7.11 Å². The first kappa shape index (κ1) is 17.2. The first-order valence-corrected chi connectivity index (χ1v) is 8.68. The van der Waals surface area contributed by atoms with E-state index in [2.05, 4.69) is 20.9 Å². The lowest BCUT2D eigenvalue weighted by Gasteiger charge is -2.11. The molecule has 0 amide bonds. The fraction of sp³-hybridized carbons (Fsp3) is 0.0952. The van der Waals surface area contributed by atoms with Crippen LogP contribution in [0.2, 0.25) is 0 Å². The van der Waals surface area contributed by atoms with Crippen molar-refractivity contribution >= 4 is 27.8 Å². The Kier molecular flexibility index (Phi) is 5.86. The molecular formula is C21H18BrNO2. The van der Waals surface area contributed by atoms with Gasteiger partial charge in [0.1, 0.15) is 6.61 Å². The average Bonchev–Trinajstić information content (AvgIpc) is 2.67. The van der Waals surface area contributed by atoms with Crippen molar-refractivity contribution in [2.24, 2.45) is 4.99 Å². The molecule has 0 saturated heterocycles. The Balaban J connectivity index is 1.71. The van der Waals surface area contributed by atoms with Gasteiger partial charge in [0.25, 0.3) is 0 Å². The average molecular weight is 396 g/mol. The maximum atomic E-state index is 5.89. The van der Waals surface area contributed by atoms with E-state index in [9.17, 15) is 0 Å². The molecule has 126 valence electrons. The van der Waals surface area contributed by atoms with Crippen LogP contribution in [-0.4, -0.2) is 13.3 Å². The fourth-order valence-electron chi connectivity index (χ4n) is 2.29. The molecule has 0 aliphatic rings. The van der Waals surface area contributed by atoms with Crippen LogP contribution in [0.15, 0.2) is 82.3 Å². The first-order chi connectivity index (χ1) is 12.2. The van der Waals surface area contributed by atoms with Gasteiger partial charge in [-0.05, 0) is 53.6 Å². The number of rotatable bonds is 6. The van der Waals surface area contributed by atoms with Crippen LogP contribution in [0.25, 0.3) is 0 Å². The normalized spacial score (nSPS) is 10.8. The largest absolute Gasteiger partial charge is 0.493 e. The number of methoxy groups -OCH3 is 1. The lowest BCUT2D eigenvalue weighted by molar-refractivity contribution is 0.284. The highest BCUT2D eigenvalue weighted by atomic mass is 79.9. The van der Waals surface area contributed by atoms with E-state index in [4.69, 9.17) is 9.47 Å². The van der Waals surface area contributed by atoms with Gasteiger partial charge in [0.15, 0.2) is 11.5 Å². The third kappa shape index (κ3) is 4.94. The second-order valence-electron chi connectivity index (χ2n) is 5.42. The zero-order valence-electron chi connectivity index (χ0n) is 13.9. The maximum absolute atomic E-state index is 5.89. The Labute approximate surface area is 156 Å². The van der Waals surface area contributed by atoms with Crippen LogP contribution in [0.4, 0.5) is 5.69 Å². The van der Waals surface area contributed by atoms with Crippen LogP contribution >= 0.6 is 15.9 Å². The van der Waals surface area contributed by atoms with E-state index in [1.165, 1.54) is 0 Å². The maximum Gasteiger partial charge on any atom is 0.161 e. The Morgan fingerprint density at radius 3 is 2.40 bits per heavy atom. The molecule has 25 heavy (non-hydrogen) atoms. The molecule has 0 unspecified atom stereocenters. The van der Waals surface area contributed by atoms with E-state index in [0.717, 1.165) is 21.3 Å². The number of ether oxygens (including phenoxy) is 2. The quantitative estimate of drug-likeness (QED) is 0.494. The third-order valence-corrected chi connectivity index (χ3v) is 4.14. The van der Waals surface area contributed by atoms with E-state index in [1.807, 2.05) is 79.0 Å². The minimum Gasteiger partial charge on any atom is -0.493 e. The summed E-state index contributed by atoms with van der Waals surface area (Å²) in [5.74, 6) is 1.40. The zero-order valence-corrected chi connectivity index (χ0v) is 15.4. The van der Waals surface area contributed by atoms with Crippen LogP contribution in [0.5, 0.6) is 11.5 Å². The minimum atomic E-state index is 0.487. The number of nitrogens with zero attached hydrogens (tertiary/aromatic N) is 1. The lowest BCUT2D eigenvalue weighted by atomic mass is 10.2. The standard InChI is InChI=1S/C21H18BrNO2/c1-24-21-13-17(14-23-19-5-3-2-4-6-19)9-12-20(21)25-15-16-7-10-18(22)11-8-16/h2-14H,15H2,1H3. The highest BCUT2D eigenvalue weighted by Crippen LogP contribution is 2.28. The molecule has 3 nitrogen and oxygen atoms in total. The summed E-state index contributed by atoms with van der Waals surface area (Å²) in [7, 11) is 1.64. The van der Waals surface area contributed by atoms with Gasteiger partial charge in [-0.25, -0.2) is 0 Å². The summed E-state index contributed by atoms with van der Waals surface area (Å²) < 4.78 is 12.4. The molecule has 0 aliphatic carbocycles. The SMILES string of the molecule is COc1cc(C=Nc2ccccc2)ccc1OCc1ccc(Br)cc1. The van der Waals surface area contributed by atoms with Gasteiger partial charge in [-0.1, -0.05) is 46.3 Å². The van der Waals surface area contributed by atoms with Crippen molar-refractivity contribution in [3.05, 3.63) is 88.4 Å². The second kappa shape index (κ2) is 8.49. The van der Waals surface area contributed by atoms with Gasteiger partial charge in [0.05, 0.1) is 12.8 Å². The van der Waals surface area contributed by atoms with Crippen LogP contribution in [0, 0.1) is 0 Å². The molecule has 0 saturated carbocycles. The smallest absolute Gasteiger partial charge is 0.161 e. The summed E-state index contributed by atoms with van der Waals surface area (Å²) in [6.07, 6.45) is 1.82. The topological polar surface area (TPSA) is 30.8 Å². The summed E-state index contributed by atoms with van der Waals surface area (Å²) in [4.78, 5) is 4.46. The molecule has 0 heterocycles. The number of para-hydroxylation sites is 1. The molecule has 0 atom stereocenters. The first-order valence-electron chi connectivity index (χ1n) is 7.89. The molecular weight excluding hydrogens is 378 g/mol. The van der Waals surface area contributed by atoms with Crippen molar-refractivity contribution in [2.75, 3.05) is 7.11 Å². The van der Waals surface area contributed by atoms with Gasteiger partial charge < -0.3 is 9.47 Å². The van der Waals surface area contributed by atoms with Crippen LogP contribution < -0.4 is 9.47 Å². The summed E-state index contributed by atoms with van der Waals surface area (Å²) in [5, 5.41) is 0. The Morgan fingerprint density at radius 2 is 1.68 bits per heavy atom. The summed E-state index contributed by atoms with van der Waals surface area (Å²) in [5.41, 5.74) is 2.97. The summed E-state index contributed by atoms with van der Waals surface area (Å²) >= 11 is 3.43. The van der Waals surface area contributed by atoms with Gasteiger partial charge in [0, 0.05) is 10.7 Å². The van der Waals surface area contributed by atoms with Crippen LogP contribution in [0.3, 0.4) is 0 Å². The predicted octanol–water partition coefficient (Wildman–Crippen LogP) is 5.79. The van der Waals surface area contributed by atoms with Crippen molar-refractivity contribution in [1.29, 1.82) is 0 Å². The van der Waals surface area contributed by atoms with Crippen molar-refractivity contribution in [3.63, 3.8) is 0 Å². The highest BCUT2D eigenvalue weighted by Gasteiger charge is 2.05. The molecule has 0 bridgehead atoms. The molecule has 0 spiro atoms. The number of aliphatic imine (C=N–C) groups is 1. The van der Waals surface area contributed by atoms with E-state index >= 15 is 0 Å². The van der Waals surface area contributed by atoms with E-state index in [0.29, 0.717) is 18.1 Å². The zero-order chi connectivity index (χ0) is 17.5. The third-order valence-electron chi connectivity index (χ3n) is 3.61. The van der Waals surface area contributed by atoms with Gasteiger partial charge in [0.2, 0.25) is 0 Å². The summed E-state index contributed by atoms with van der Waals surface area (Å²) in [6, 6.07) is 23.7.